The van der Waals surface area contributed by atoms with Crippen LogP contribution in [0.25, 0.3) is 0 Å². The first-order chi connectivity index (χ1) is 32.7. The summed E-state index contributed by atoms with van der Waals surface area (Å²) in [6.45, 7) is 10.2. The van der Waals surface area contributed by atoms with Crippen LogP contribution >= 0.6 is 0 Å². The van der Waals surface area contributed by atoms with Gasteiger partial charge >= 0.3 is 11.9 Å². The zero-order chi connectivity index (χ0) is 53.2. The minimum Gasteiger partial charge on any atom is -0.508 e. The lowest BCUT2D eigenvalue weighted by atomic mass is 9.99. The van der Waals surface area contributed by atoms with Gasteiger partial charge in [-0.15, -0.1) is 0 Å². The molecule has 0 aromatic heterocycles. The molecule has 1 aromatic rings. The largest absolute Gasteiger partial charge is 0.508 e. The molecule has 392 valence electrons. The van der Waals surface area contributed by atoms with Gasteiger partial charge in [0.2, 0.25) is 47.3 Å². The summed E-state index contributed by atoms with van der Waals surface area (Å²) >= 11 is 0. The number of nitrogens with zero attached hydrogens (tertiary/aromatic N) is 1. The lowest BCUT2D eigenvalue weighted by molar-refractivity contribution is -0.142. The Kier molecular flexibility index (Phi) is 27.1. The van der Waals surface area contributed by atoms with Crippen LogP contribution < -0.4 is 60.2 Å². The Morgan fingerprint density at radius 2 is 0.914 bits per heavy atom. The van der Waals surface area contributed by atoms with Crippen LogP contribution in [-0.2, 0) is 54.4 Å². The number of benzene rings is 1. The molecule has 0 fully saturated rings. The monoisotopic (exact) mass is 991 g/mol. The number of hydrogen-bond acceptors (Lipinski definition) is 13. The number of carboxylic acids is 2. The number of phenolic OH excluding ortho intramolecular Hbond substituents is 1. The number of amides is 8. The molecule has 1 aromatic carbocycles. The maximum Gasteiger partial charge on any atom is 0.326 e. The summed E-state index contributed by atoms with van der Waals surface area (Å²) in [6.07, 6.45) is -1.86. The van der Waals surface area contributed by atoms with Crippen LogP contribution in [0.15, 0.2) is 29.3 Å². The Bertz CT molecular complexity index is 1980. The minimum absolute atomic E-state index is 0.00142. The second-order valence-electron chi connectivity index (χ2n) is 18.2. The average Bonchev–Trinajstić information content (AvgIpc) is 3.25. The van der Waals surface area contributed by atoms with Gasteiger partial charge < -0.3 is 75.5 Å². The highest BCUT2D eigenvalue weighted by molar-refractivity contribution is 5.98. The quantitative estimate of drug-likeness (QED) is 0.0200. The number of carbonyl (C=O) groups is 10. The van der Waals surface area contributed by atoms with Crippen molar-refractivity contribution in [1.29, 1.82) is 0 Å². The van der Waals surface area contributed by atoms with Gasteiger partial charge in [0.25, 0.3) is 0 Å². The van der Waals surface area contributed by atoms with Crippen LogP contribution in [0, 0.1) is 17.8 Å². The van der Waals surface area contributed by atoms with Gasteiger partial charge in [-0.3, -0.25) is 48.1 Å². The van der Waals surface area contributed by atoms with Gasteiger partial charge in [0.1, 0.15) is 48.0 Å². The van der Waals surface area contributed by atoms with Crippen molar-refractivity contribution >= 4 is 65.2 Å². The summed E-state index contributed by atoms with van der Waals surface area (Å²) in [5.74, 6) is -10.6. The maximum atomic E-state index is 14.0. The first-order valence-electron chi connectivity index (χ1n) is 23.1. The molecule has 0 heterocycles. The van der Waals surface area contributed by atoms with E-state index in [1.807, 2.05) is 0 Å². The van der Waals surface area contributed by atoms with Crippen LogP contribution in [0.5, 0.6) is 5.75 Å². The zero-order valence-corrected chi connectivity index (χ0v) is 40.7. The van der Waals surface area contributed by atoms with E-state index in [0.717, 1.165) is 0 Å². The van der Waals surface area contributed by atoms with Crippen LogP contribution in [0.3, 0.4) is 0 Å². The first-order valence-corrected chi connectivity index (χ1v) is 23.1. The third-order valence-electron chi connectivity index (χ3n) is 10.4. The Hall–Kier alpha value is -7.05. The number of phenols is 1. The number of guanidine groups is 1. The number of carboxylic acid groups (broad SMARTS) is 2. The van der Waals surface area contributed by atoms with Crippen LogP contribution in [0.1, 0.15) is 105 Å². The molecule has 0 aliphatic heterocycles. The van der Waals surface area contributed by atoms with Crippen molar-refractivity contribution in [3.05, 3.63) is 29.8 Å². The van der Waals surface area contributed by atoms with Gasteiger partial charge in [0.05, 0.1) is 6.54 Å². The Balaban J connectivity index is 3.47. The second kappa shape index (κ2) is 31.2. The second-order valence-corrected chi connectivity index (χ2v) is 18.2. The highest BCUT2D eigenvalue weighted by Gasteiger charge is 2.35. The molecule has 0 radical (unpaired) electrons. The number of aliphatic imine (C=N–C) groups is 1. The predicted molar refractivity (Wildman–Crippen MR) is 256 cm³/mol. The van der Waals surface area contributed by atoms with Gasteiger partial charge in [-0.1, -0.05) is 53.7 Å². The van der Waals surface area contributed by atoms with E-state index in [2.05, 4.69) is 42.2 Å². The third-order valence-corrected chi connectivity index (χ3v) is 10.4. The van der Waals surface area contributed by atoms with Gasteiger partial charge in [-0.25, -0.2) is 4.79 Å². The van der Waals surface area contributed by atoms with Gasteiger partial charge in [0, 0.05) is 25.8 Å². The number of hydrogen-bond donors (Lipinski definition) is 14. The molecule has 8 amide bonds. The lowest BCUT2D eigenvalue weighted by Gasteiger charge is -2.28. The van der Waals surface area contributed by atoms with E-state index in [0.29, 0.717) is 5.56 Å². The number of aromatic hydroxyl groups is 1. The number of nitrogens with two attached hydrogens (primary N) is 4. The van der Waals surface area contributed by atoms with Crippen molar-refractivity contribution in [2.45, 2.75) is 148 Å². The van der Waals surface area contributed by atoms with Gasteiger partial charge in [0.15, 0.2) is 5.96 Å². The molecule has 25 nitrogen and oxygen atoms in total. The van der Waals surface area contributed by atoms with Crippen molar-refractivity contribution in [3.63, 3.8) is 0 Å². The van der Waals surface area contributed by atoms with Crippen LogP contribution in [0.2, 0.25) is 0 Å². The average molecular weight is 991 g/mol. The number of nitrogens with one attached hydrogen (secondary N) is 7. The molecule has 7 atom stereocenters. The normalized spacial score (nSPS) is 14.1. The molecule has 0 bridgehead atoms. The molecule has 70 heavy (non-hydrogen) atoms. The van der Waals surface area contributed by atoms with E-state index in [4.69, 9.17) is 22.9 Å². The fourth-order valence-corrected chi connectivity index (χ4v) is 6.93. The summed E-state index contributed by atoms with van der Waals surface area (Å²) in [5.41, 5.74) is 22.1. The molecule has 0 saturated carbocycles. The Morgan fingerprint density at radius 1 is 0.529 bits per heavy atom. The molecule has 0 aliphatic carbocycles. The highest BCUT2D eigenvalue weighted by atomic mass is 16.4. The summed E-state index contributed by atoms with van der Waals surface area (Å²) in [4.78, 5) is 135. The van der Waals surface area contributed by atoms with Crippen molar-refractivity contribution in [2.75, 3.05) is 13.1 Å². The Labute approximate surface area is 407 Å². The Morgan fingerprint density at radius 3 is 1.29 bits per heavy atom. The molecule has 1 rings (SSSR count). The number of rotatable bonds is 33. The summed E-state index contributed by atoms with van der Waals surface area (Å²) in [5, 5.41) is 46.7. The van der Waals surface area contributed by atoms with E-state index >= 15 is 0 Å². The van der Waals surface area contributed by atoms with E-state index in [1.165, 1.54) is 24.3 Å². The van der Waals surface area contributed by atoms with E-state index < -0.39 is 134 Å². The third kappa shape index (κ3) is 24.8. The van der Waals surface area contributed by atoms with Crippen molar-refractivity contribution in [1.82, 2.24) is 37.2 Å². The molecule has 0 aliphatic rings. The topological polar surface area (TPSA) is 432 Å². The fourth-order valence-electron chi connectivity index (χ4n) is 6.93. The summed E-state index contributed by atoms with van der Waals surface area (Å²) in [6, 6.07) is -4.00. The first kappa shape index (κ1) is 61.0. The van der Waals surface area contributed by atoms with E-state index in [9.17, 15) is 63.3 Å². The zero-order valence-electron chi connectivity index (χ0n) is 40.7. The van der Waals surface area contributed by atoms with Gasteiger partial charge in [-0.05, 0) is 80.4 Å². The maximum absolute atomic E-state index is 14.0. The van der Waals surface area contributed by atoms with Crippen LogP contribution in [0.4, 0.5) is 0 Å². The van der Waals surface area contributed by atoms with Crippen molar-refractivity contribution in [2.24, 2.45) is 45.7 Å². The van der Waals surface area contributed by atoms with E-state index in [1.54, 1.807) is 41.5 Å². The smallest absolute Gasteiger partial charge is 0.326 e. The van der Waals surface area contributed by atoms with Crippen molar-refractivity contribution < 1.29 is 63.3 Å². The van der Waals surface area contributed by atoms with Gasteiger partial charge in [-0.2, -0.15) is 0 Å². The lowest BCUT2D eigenvalue weighted by Crippen LogP contribution is -2.60. The number of aliphatic carboxylic acids is 2. The highest BCUT2D eigenvalue weighted by Crippen LogP contribution is 2.15. The molecular weight excluding hydrogens is 917 g/mol. The standard InChI is InChI=1S/C45H74N12O13/c1-23(2)18-31(57-43(68)34(51-36(60)22-46)21-26-9-11-27(58)12-10-26)40(65)53-29(14-16-37(61)62)38(63)52-28(13-15-35(47)59)39(64)55-33(20-25(5)6)42(67)56-32(19-24(3)4)41(66)54-30(44(69)70)8-7-17-50-45(48)49/h9-12,23-25,28-34,58H,7-8,13-22,46H2,1-6H3,(H2,47,59)(H,51,60)(H,52,63)(H,53,65)(H,54,66)(H,55,64)(H,56,67)(H,57,68)(H,61,62)(H,69,70)(H4,48,49,50)/t28-,29-,30-,31-,32-,33-,34-/m0/s1. The molecule has 0 unspecified atom stereocenters. The molecule has 0 spiro atoms. The number of primary amides is 1. The predicted octanol–water partition coefficient (Wildman–Crippen LogP) is -2.31. The summed E-state index contributed by atoms with van der Waals surface area (Å²) in [7, 11) is 0. The molecular formula is C45H74N12O13. The minimum atomic E-state index is -1.64. The molecule has 0 saturated heterocycles. The number of carbonyl (C=O) groups excluding carboxylic acids is 8. The van der Waals surface area contributed by atoms with E-state index in [-0.39, 0.29) is 74.5 Å². The fraction of sp³-hybridized carbons (Fsp3) is 0.622. The van der Waals surface area contributed by atoms with Crippen molar-refractivity contribution in [3.8, 4) is 5.75 Å². The summed E-state index contributed by atoms with van der Waals surface area (Å²) < 4.78 is 0. The molecule has 18 N–H and O–H groups in total. The molecule has 25 heteroatoms. The SMILES string of the molecule is CC(C)C[C@H](NC(=O)[C@H](CC(C)C)NC(=O)[C@H](CCC(N)=O)NC(=O)[C@H](CCC(=O)O)NC(=O)[C@H](CC(C)C)NC(=O)[C@H](Cc1ccc(O)cc1)NC(=O)CN)C(=O)N[C@@H](CCCN=C(N)N)C(=O)O. The van der Waals surface area contributed by atoms with Crippen LogP contribution in [-0.4, -0.2) is 136 Å².